The van der Waals surface area contributed by atoms with Gasteiger partial charge in [0.05, 0.1) is 4.92 Å². The van der Waals surface area contributed by atoms with Gasteiger partial charge in [-0.05, 0) is 24.3 Å². The van der Waals surface area contributed by atoms with E-state index in [1.165, 1.54) is 18.2 Å². The van der Waals surface area contributed by atoms with Crippen molar-refractivity contribution in [2.45, 2.75) is 0 Å². The number of urea groups is 1. The number of amides is 2. The summed E-state index contributed by atoms with van der Waals surface area (Å²) in [4.78, 5) is 21.9. The van der Waals surface area contributed by atoms with Crippen LogP contribution in [0, 0.1) is 10.1 Å². The lowest BCUT2D eigenvalue weighted by Crippen LogP contribution is -2.19. The summed E-state index contributed by atoms with van der Waals surface area (Å²) in [5.74, 6) is 0. The van der Waals surface area contributed by atoms with Crippen LogP contribution < -0.4 is 10.6 Å². The molecule has 2 aromatic rings. The Morgan fingerprint density at radius 2 is 1.65 bits per heavy atom. The van der Waals surface area contributed by atoms with Crippen molar-refractivity contribution in [3.63, 3.8) is 0 Å². The fraction of sp³-hybridized carbons (Fsp3) is 0. The van der Waals surface area contributed by atoms with Gasteiger partial charge in [0, 0.05) is 28.0 Å². The number of rotatable bonds is 3. The highest BCUT2D eigenvalue weighted by Crippen LogP contribution is 2.18. The summed E-state index contributed by atoms with van der Waals surface area (Å²) in [6, 6.07) is 12.4. The number of hydrogen-bond acceptors (Lipinski definition) is 3. The van der Waals surface area contributed by atoms with Crippen LogP contribution in [0.25, 0.3) is 0 Å². The molecule has 0 fully saturated rings. The lowest BCUT2D eigenvalue weighted by molar-refractivity contribution is -0.384. The van der Waals surface area contributed by atoms with Gasteiger partial charge in [0.25, 0.3) is 5.69 Å². The van der Waals surface area contributed by atoms with Crippen LogP contribution in [-0.4, -0.2) is 11.0 Å². The SMILES string of the molecule is O=C(Nc1cccc(Br)c1)Nc1cccc([N+](=O)[O-])c1. The molecule has 2 rings (SSSR count). The molecule has 0 radical (unpaired) electrons. The first-order valence-corrected chi connectivity index (χ1v) is 6.42. The van der Waals surface area contributed by atoms with E-state index in [2.05, 4.69) is 26.6 Å². The first-order chi connectivity index (χ1) is 9.54. The van der Waals surface area contributed by atoms with Gasteiger partial charge >= 0.3 is 6.03 Å². The first-order valence-electron chi connectivity index (χ1n) is 5.62. The number of carbonyl (C=O) groups excluding carboxylic acids is 1. The lowest BCUT2D eigenvalue weighted by atomic mass is 10.3. The highest BCUT2D eigenvalue weighted by atomic mass is 79.9. The number of carbonyl (C=O) groups is 1. The number of nitro benzene ring substituents is 1. The molecule has 20 heavy (non-hydrogen) atoms. The second-order valence-electron chi connectivity index (χ2n) is 3.90. The van der Waals surface area contributed by atoms with Gasteiger partial charge in [-0.2, -0.15) is 0 Å². The van der Waals surface area contributed by atoms with Gasteiger partial charge in [-0.15, -0.1) is 0 Å². The minimum Gasteiger partial charge on any atom is -0.308 e. The van der Waals surface area contributed by atoms with Gasteiger partial charge in [0.1, 0.15) is 0 Å². The molecule has 0 aromatic heterocycles. The topological polar surface area (TPSA) is 84.3 Å². The largest absolute Gasteiger partial charge is 0.323 e. The number of non-ortho nitro benzene ring substituents is 1. The monoisotopic (exact) mass is 335 g/mol. The Hall–Kier alpha value is -2.41. The second kappa shape index (κ2) is 6.16. The van der Waals surface area contributed by atoms with E-state index in [0.717, 1.165) is 4.47 Å². The molecule has 2 N–H and O–H groups in total. The zero-order chi connectivity index (χ0) is 14.5. The summed E-state index contributed by atoms with van der Waals surface area (Å²) in [5.41, 5.74) is 0.888. The van der Waals surface area contributed by atoms with Crippen molar-refractivity contribution in [1.29, 1.82) is 0 Å². The molecule has 0 saturated carbocycles. The van der Waals surface area contributed by atoms with Crippen LogP contribution in [-0.2, 0) is 0 Å². The number of halogens is 1. The Labute approximate surface area is 123 Å². The Morgan fingerprint density at radius 3 is 2.25 bits per heavy atom. The third kappa shape index (κ3) is 3.79. The quantitative estimate of drug-likeness (QED) is 0.656. The molecule has 2 amide bonds. The Morgan fingerprint density at radius 1 is 1.05 bits per heavy atom. The van der Waals surface area contributed by atoms with Crippen LogP contribution in [0.2, 0.25) is 0 Å². The number of anilines is 2. The van der Waals surface area contributed by atoms with Gasteiger partial charge in [-0.1, -0.05) is 28.1 Å². The van der Waals surface area contributed by atoms with E-state index in [1.807, 2.05) is 6.07 Å². The minimum atomic E-state index is -0.516. The highest BCUT2D eigenvalue weighted by molar-refractivity contribution is 9.10. The molecule has 0 atom stereocenters. The van der Waals surface area contributed by atoms with Crippen LogP contribution in [0.3, 0.4) is 0 Å². The second-order valence-corrected chi connectivity index (χ2v) is 4.81. The summed E-state index contributed by atoms with van der Waals surface area (Å²) in [6.07, 6.45) is 0. The average Bonchev–Trinajstić information content (AvgIpc) is 2.38. The fourth-order valence-corrected chi connectivity index (χ4v) is 1.96. The highest BCUT2D eigenvalue weighted by Gasteiger charge is 2.08. The Bertz CT molecular complexity index is 661. The Balaban J connectivity index is 2.04. The van der Waals surface area contributed by atoms with Crippen molar-refractivity contribution in [3.8, 4) is 0 Å². The summed E-state index contributed by atoms with van der Waals surface area (Å²) < 4.78 is 0.839. The van der Waals surface area contributed by atoms with Crippen LogP contribution in [0.5, 0.6) is 0 Å². The average molecular weight is 336 g/mol. The zero-order valence-electron chi connectivity index (χ0n) is 10.2. The van der Waals surface area contributed by atoms with Gasteiger partial charge < -0.3 is 10.6 Å². The molecule has 0 aliphatic carbocycles. The molecule has 0 spiro atoms. The van der Waals surface area contributed by atoms with E-state index in [9.17, 15) is 14.9 Å². The molecular weight excluding hydrogens is 326 g/mol. The number of benzene rings is 2. The molecule has 7 heteroatoms. The summed E-state index contributed by atoms with van der Waals surface area (Å²) in [7, 11) is 0. The van der Waals surface area contributed by atoms with Crippen molar-refractivity contribution >= 4 is 39.0 Å². The summed E-state index contributed by atoms with van der Waals surface area (Å²) >= 11 is 3.30. The van der Waals surface area contributed by atoms with Crippen molar-refractivity contribution in [3.05, 3.63) is 63.1 Å². The van der Waals surface area contributed by atoms with Gasteiger partial charge in [-0.25, -0.2) is 4.79 Å². The smallest absolute Gasteiger partial charge is 0.308 e. The van der Waals surface area contributed by atoms with Crippen molar-refractivity contribution in [2.75, 3.05) is 10.6 Å². The van der Waals surface area contributed by atoms with Crippen molar-refractivity contribution in [2.24, 2.45) is 0 Å². The molecule has 0 bridgehead atoms. The van der Waals surface area contributed by atoms with E-state index in [1.54, 1.807) is 24.3 Å². The molecule has 0 aliphatic heterocycles. The maximum Gasteiger partial charge on any atom is 0.323 e. The van der Waals surface area contributed by atoms with E-state index in [-0.39, 0.29) is 5.69 Å². The summed E-state index contributed by atoms with van der Waals surface area (Å²) in [5, 5.41) is 15.8. The van der Waals surface area contributed by atoms with Crippen LogP contribution >= 0.6 is 15.9 Å². The molecule has 2 aromatic carbocycles. The first kappa shape index (κ1) is 14.0. The maximum atomic E-state index is 11.8. The molecular formula is C13H10BrN3O3. The van der Waals surface area contributed by atoms with Crippen LogP contribution in [0.15, 0.2) is 53.0 Å². The third-order valence-electron chi connectivity index (χ3n) is 2.40. The molecule has 102 valence electrons. The summed E-state index contributed by atoms with van der Waals surface area (Å²) in [6.45, 7) is 0. The van der Waals surface area contributed by atoms with Crippen molar-refractivity contribution in [1.82, 2.24) is 0 Å². The molecule has 0 aliphatic rings. The van der Waals surface area contributed by atoms with Gasteiger partial charge in [0.15, 0.2) is 0 Å². The third-order valence-corrected chi connectivity index (χ3v) is 2.89. The molecule has 6 nitrogen and oxygen atoms in total. The standard InChI is InChI=1S/C13H10BrN3O3/c14-9-3-1-4-10(7-9)15-13(18)16-11-5-2-6-12(8-11)17(19)20/h1-8H,(H2,15,16,18). The zero-order valence-corrected chi connectivity index (χ0v) is 11.8. The molecule has 0 heterocycles. The predicted molar refractivity (Wildman–Crippen MR) is 79.9 cm³/mol. The lowest BCUT2D eigenvalue weighted by Gasteiger charge is -2.07. The number of hydrogen-bond donors (Lipinski definition) is 2. The number of nitrogens with one attached hydrogen (secondary N) is 2. The fourth-order valence-electron chi connectivity index (χ4n) is 1.56. The van der Waals surface area contributed by atoms with E-state index in [0.29, 0.717) is 11.4 Å². The Kier molecular flexibility index (Phi) is 4.31. The molecule has 0 saturated heterocycles. The minimum absolute atomic E-state index is 0.0785. The number of nitro groups is 1. The van der Waals surface area contributed by atoms with Gasteiger partial charge in [-0.3, -0.25) is 10.1 Å². The predicted octanol–water partition coefficient (Wildman–Crippen LogP) is 4.00. The van der Waals surface area contributed by atoms with Crippen LogP contribution in [0.4, 0.5) is 21.9 Å². The number of nitrogens with zero attached hydrogens (tertiary/aromatic N) is 1. The van der Waals surface area contributed by atoms with Crippen molar-refractivity contribution < 1.29 is 9.72 Å². The van der Waals surface area contributed by atoms with Gasteiger partial charge in [0.2, 0.25) is 0 Å². The van der Waals surface area contributed by atoms with E-state index >= 15 is 0 Å². The van der Waals surface area contributed by atoms with E-state index in [4.69, 9.17) is 0 Å². The molecule has 0 unspecified atom stereocenters. The van der Waals surface area contributed by atoms with E-state index < -0.39 is 11.0 Å². The van der Waals surface area contributed by atoms with Crippen LogP contribution in [0.1, 0.15) is 0 Å². The maximum absolute atomic E-state index is 11.8. The normalized spacial score (nSPS) is 9.85.